The molecule has 2 aromatic heterocycles. The number of carbonyl (C=O) groups excluding carboxylic acids is 1. The minimum atomic E-state index is -0.280. The van der Waals surface area contributed by atoms with Crippen LogP contribution in [0.5, 0.6) is 11.5 Å². The molecule has 33 heavy (non-hydrogen) atoms. The number of hydrogen-bond donors (Lipinski definition) is 0. The highest BCUT2D eigenvalue weighted by molar-refractivity contribution is 7.21. The van der Waals surface area contributed by atoms with Crippen molar-refractivity contribution in [3.05, 3.63) is 76.8 Å². The number of likely N-dealkylation sites (N-methyl/N-ethyl adjacent to an activating group) is 1. The van der Waals surface area contributed by atoms with Gasteiger partial charge in [-0.1, -0.05) is 42.5 Å². The number of aryl methyl sites for hydroxylation is 1. The Morgan fingerprint density at radius 1 is 1.15 bits per heavy atom. The molecule has 7 nitrogen and oxygen atoms in total. The summed E-state index contributed by atoms with van der Waals surface area (Å²) in [6.07, 6.45) is -0.280. The zero-order chi connectivity index (χ0) is 22.9. The predicted octanol–water partition coefficient (Wildman–Crippen LogP) is 3.73. The molecule has 0 saturated carbocycles. The van der Waals surface area contributed by atoms with E-state index in [4.69, 9.17) is 9.47 Å². The van der Waals surface area contributed by atoms with Gasteiger partial charge in [0.25, 0.3) is 5.56 Å². The van der Waals surface area contributed by atoms with Gasteiger partial charge in [0.15, 0.2) is 17.6 Å². The molecule has 0 saturated heterocycles. The fourth-order valence-corrected chi connectivity index (χ4v) is 4.94. The van der Waals surface area contributed by atoms with E-state index in [0.717, 1.165) is 10.4 Å². The molecule has 168 valence electrons. The molecule has 4 aromatic rings. The van der Waals surface area contributed by atoms with Crippen LogP contribution in [0.2, 0.25) is 0 Å². The normalized spacial score (nSPS) is 14.9. The van der Waals surface area contributed by atoms with Gasteiger partial charge in [0.2, 0.25) is 5.91 Å². The van der Waals surface area contributed by atoms with Crippen molar-refractivity contribution in [3.8, 4) is 21.9 Å². The third-order valence-corrected chi connectivity index (χ3v) is 6.74. The Kier molecular flexibility index (Phi) is 5.60. The quantitative estimate of drug-likeness (QED) is 0.453. The minimum Gasteiger partial charge on any atom is -0.486 e. The fraction of sp³-hybridized carbons (Fsp3) is 0.240. The summed E-state index contributed by atoms with van der Waals surface area (Å²) in [7, 11) is 1.70. The molecule has 0 aliphatic carbocycles. The Labute approximate surface area is 194 Å². The minimum absolute atomic E-state index is 0.0786. The van der Waals surface area contributed by atoms with Crippen molar-refractivity contribution < 1.29 is 14.3 Å². The summed E-state index contributed by atoms with van der Waals surface area (Å²) in [5.74, 6) is 1.70. The average molecular weight is 462 g/mol. The number of thiophene rings is 1. The van der Waals surface area contributed by atoms with Gasteiger partial charge in [0.05, 0.1) is 11.9 Å². The van der Waals surface area contributed by atoms with Gasteiger partial charge in [-0.25, -0.2) is 4.98 Å². The number of ether oxygens (including phenoxy) is 2. The Morgan fingerprint density at radius 2 is 1.88 bits per heavy atom. The monoisotopic (exact) mass is 461 g/mol. The van der Waals surface area contributed by atoms with Gasteiger partial charge in [-0.15, -0.1) is 11.3 Å². The van der Waals surface area contributed by atoms with Crippen LogP contribution in [-0.2, 0) is 11.3 Å². The fourth-order valence-electron chi connectivity index (χ4n) is 3.86. The smallest absolute Gasteiger partial charge is 0.262 e. The molecule has 0 N–H and O–H groups in total. The number of aromatic nitrogens is 2. The summed E-state index contributed by atoms with van der Waals surface area (Å²) in [5, 5.41) is 0.528. The Balaban J connectivity index is 1.33. The Bertz CT molecular complexity index is 1380. The van der Waals surface area contributed by atoms with E-state index in [1.165, 1.54) is 15.9 Å². The molecule has 0 unspecified atom stereocenters. The molecule has 0 bridgehead atoms. The first-order chi connectivity index (χ1) is 16.0. The molecule has 8 heteroatoms. The number of carbonyl (C=O) groups is 1. The average Bonchev–Trinajstić information content (AvgIpc) is 3.26. The second-order valence-electron chi connectivity index (χ2n) is 8.02. The number of fused-ring (bicyclic) bond motifs is 2. The highest BCUT2D eigenvalue weighted by atomic mass is 32.1. The van der Waals surface area contributed by atoms with E-state index in [1.807, 2.05) is 60.7 Å². The maximum absolute atomic E-state index is 13.2. The van der Waals surface area contributed by atoms with Gasteiger partial charge in [-0.3, -0.25) is 14.2 Å². The number of benzene rings is 2. The van der Waals surface area contributed by atoms with E-state index in [0.29, 0.717) is 40.7 Å². The SMILES string of the molecule is Cc1nc2sc(-c3ccccc3)cc2c(=O)n1CC(=O)N(C)C[C@@H]1COc2ccccc2O1. The second kappa shape index (κ2) is 8.71. The van der Waals surface area contributed by atoms with E-state index in [1.54, 1.807) is 18.9 Å². The first-order valence-corrected chi connectivity index (χ1v) is 11.5. The zero-order valence-corrected chi connectivity index (χ0v) is 19.2. The maximum Gasteiger partial charge on any atom is 0.262 e. The maximum atomic E-state index is 13.2. The molecular weight excluding hydrogens is 438 g/mol. The van der Waals surface area contributed by atoms with E-state index < -0.39 is 0 Å². The molecule has 1 atom stereocenters. The number of amides is 1. The molecule has 0 spiro atoms. The predicted molar refractivity (Wildman–Crippen MR) is 128 cm³/mol. The third-order valence-electron chi connectivity index (χ3n) is 5.66. The molecule has 2 aromatic carbocycles. The lowest BCUT2D eigenvalue weighted by Gasteiger charge is -2.29. The lowest BCUT2D eigenvalue weighted by Crippen LogP contribution is -2.43. The van der Waals surface area contributed by atoms with Crippen LogP contribution in [0.15, 0.2) is 65.5 Å². The van der Waals surface area contributed by atoms with Crippen molar-refractivity contribution in [3.63, 3.8) is 0 Å². The van der Waals surface area contributed by atoms with Crippen LogP contribution < -0.4 is 15.0 Å². The molecule has 3 heterocycles. The largest absolute Gasteiger partial charge is 0.486 e. The van der Waals surface area contributed by atoms with E-state index in [9.17, 15) is 9.59 Å². The topological polar surface area (TPSA) is 73.7 Å². The van der Waals surface area contributed by atoms with Crippen LogP contribution in [0, 0.1) is 6.92 Å². The molecule has 1 aliphatic heterocycles. The van der Waals surface area contributed by atoms with Crippen LogP contribution in [-0.4, -0.2) is 46.7 Å². The van der Waals surface area contributed by atoms with Crippen LogP contribution in [0.4, 0.5) is 0 Å². The lowest BCUT2D eigenvalue weighted by molar-refractivity contribution is -0.132. The van der Waals surface area contributed by atoms with Crippen molar-refractivity contribution >= 4 is 27.5 Å². The van der Waals surface area contributed by atoms with E-state index >= 15 is 0 Å². The summed E-state index contributed by atoms with van der Waals surface area (Å²) in [6, 6.07) is 19.2. The summed E-state index contributed by atoms with van der Waals surface area (Å²) < 4.78 is 13.1. The van der Waals surface area contributed by atoms with E-state index in [2.05, 4.69) is 4.98 Å². The van der Waals surface area contributed by atoms with Gasteiger partial charge in [0.1, 0.15) is 23.8 Å². The first kappa shape index (κ1) is 21.2. The summed E-state index contributed by atoms with van der Waals surface area (Å²) in [4.78, 5) is 34.0. The summed E-state index contributed by atoms with van der Waals surface area (Å²) in [5.41, 5.74) is 0.833. The summed E-state index contributed by atoms with van der Waals surface area (Å²) >= 11 is 1.48. The molecule has 0 radical (unpaired) electrons. The number of nitrogens with zero attached hydrogens (tertiary/aromatic N) is 3. The van der Waals surface area contributed by atoms with E-state index in [-0.39, 0.29) is 24.1 Å². The van der Waals surface area contributed by atoms with Crippen molar-refractivity contribution in [2.45, 2.75) is 19.6 Å². The number of hydrogen-bond acceptors (Lipinski definition) is 6. The van der Waals surface area contributed by atoms with Crippen LogP contribution >= 0.6 is 11.3 Å². The number of para-hydroxylation sites is 2. The van der Waals surface area contributed by atoms with Crippen molar-refractivity contribution in [2.24, 2.45) is 0 Å². The van der Waals surface area contributed by atoms with Crippen LogP contribution in [0.25, 0.3) is 20.7 Å². The molecule has 1 aliphatic rings. The third kappa shape index (κ3) is 4.21. The molecule has 5 rings (SSSR count). The Morgan fingerprint density at radius 3 is 2.67 bits per heavy atom. The van der Waals surface area contributed by atoms with Gasteiger partial charge in [-0.2, -0.15) is 0 Å². The van der Waals surface area contributed by atoms with Crippen molar-refractivity contribution in [1.82, 2.24) is 14.5 Å². The standard InChI is InChI=1S/C25H23N3O4S/c1-16-26-24-19(12-22(33-24)17-8-4-3-5-9-17)25(30)28(16)14-23(29)27(2)13-18-15-31-20-10-6-7-11-21(20)32-18/h3-12,18H,13-15H2,1-2H3/t18-/m1/s1. The highest BCUT2D eigenvalue weighted by Crippen LogP contribution is 2.32. The molecule has 1 amide bonds. The Hall–Kier alpha value is -3.65. The van der Waals surface area contributed by atoms with Gasteiger partial charge >= 0.3 is 0 Å². The van der Waals surface area contributed by atoms with Crippen LogP contribution in [0.3, 0.4) is 0 Å². The van der Waals surface area contributed by atoms with Gasteiger partial charge < -0.3 is 14.4 Å². The lowest BCUT2D eigenvalue weighted by atomic mass is 10.2. The molecule has 0 fully saturated rings. The first-order valence-electron chi connectivity index (χ1n) is 10.7. The number of rotatable bonds is 5. The second-order valence-corrected chi connectivity index (χ2v) is 9.05. The highest BCUT2D eigenvalue weighted by Gasteiger charge is 2.24. The summed E-state index contributed by atoms with van der Waals surface area (Å²) in [6.45, 7) is 2.39. The van der Waals surface area contributed by atoms with Crippen LogP contribution in [0.1, 0.15) is 5.82 Å². The zero-order valence-electron chi connectivity index (χ0n) is 18.4. The molecular formula is C25H23N3O4S. The van der Waals surface area contributed by atoms with Gasteiger partial charge in [-0.05, 0) is 30.7 Å². The van der Waals surface area contributed by atoms with Crippen molar-refractivity contribution in [2.75, 3.05) is 20.2 Å². The van der Waals surface area contributed by atoms with Gasteiger partial charge in [0, 0.05) is 11.9 Å². The van der Waals surface area contributed by atoms with Crippen molar-refractivity contribution in [1.29, 1.82) is 0 Å².